The fourth-order valence-corrected chi connectivity index (χ4v) is 4.64. The SMILES string of the molecule is COc1cccc(C=Cc2nc3sccn3c(=O)c2-c2ccc(C#N)cc2)c1OCc1cccc(F)c1. The van der Waals surface area contributed by atoms with Crippen LogP contribution in [0.5, 0.6) is 11.5 Å². The Balaban J connectivity index is 1.57. The Hall–Kier alpha value is -4.74. The number of nitriles is 1. The summed E-state index contributed by atoms with van der Waals surface area (Å²) in [5.74, 6) is 0.671. The highest BCUT2D eigenvalue weighted by molar-refractivity contribution is 7.15. The molecule has 0 unspecified atom stereocenters. The second kappa shape index (κ2) is 10.5. The number of thiazole rings is 1. The Kier molecular flexibility index (Phi) is 6.79. The van der Waals surface area contributed by atoms with Crippen molar-refractivity contribution >= 4 is 28.4 Å². The first kappa shape index (κ1) is 24.0. The molecule has 0 spiro atoms. The lowest BCUT2D eigenvalue weighted by Crippen LogP contribution is -2.17. The molecule has 0 radical (unpaired) electrons. The number of nitrogens with zero attached hydrogens (tertiary/aromatic N) is 3. The Morgan fingerprint density at radius 1 is 1.11 bits per heavy atom. The van der Waals surface area contributed by atoms with Gasteiger partial charge in [-0.1, -0.05) is 36.4 Å². The van der Waals surface area contributed by atoms with Gasteiger partial charge in [0.1, 0.15) is 12.4 Å². The minimum absolute atomic E-state index is 0.149. The maximum Gasteiger partial charge on any atom is 0.266 e. The number of ether oxygens (including phenoxy) is 2. The molecule has 3 aromatic carbocycles. The molecule has 0 aliphatic heterocycles. The van der Waals surface area contributed by atoms with Crippen molar-refractivity contribution in [2.75, 3.05) is 7.11 Å². The van der Waals surface area contributed by atoms with E-state index in [-0.39, 0.29) is 18.0 Å². The zero-order chi connectivity index (χ0) is 25.8. The van der Waals surface area contributed by atoms with Crippen LogP contribution in [0.25, 0.3) is 28.2 Å². The largest absolute Gasteiger partial charge is 0.493 e. The summed E-state index contributed by atoms with van der Waals surface area (Å²) in [6, 6.07) is 20.6. The van der Waals surface area contributed by atoms with Gasteiger partial charge in [0, 0.05) is 17.1 Å². The average molecular weight is 510 g/mol. The van der Waals surface area contributed by atoms with Crippen molar-refractivity contribution in [1.82, 2.24) is 9.38 Å². The predicted octanol–water partition coefficient (Wildman–Crippen LogP) is 6.19. The Bertz CT molecular complexity index is 1720. The van der Waals surface area contributed by atoms with Crippen molar-refractivity contribution in [2.45, 2.75) is 6.61 Å². The second-order valence-corrected chi connectivity index (χ2v) is 8.93. The lowest BCUT2D eigenvalue weighted by atomic mass is 10.0. The van der Waals surface area contributed by atoms with Crippen LogP contribution in [0.4, 0.5) is 4.39 Å². The van der Waals surface area contributed by atoms with Gasteiger partial charge >= 0.3 is 0 Å². The number of hydrogen-bond acceptors (Lipinski definition) is 6. The molecule has 2 aromatic heterocycles. The van der Waals surface area contributed by atoms with E-state index < -0.39 is 0 Å². The summed E-state index contributed by atoms with van der Waals surface area (Å²) < 4.78 is 26.7. The number of rotatable bonds is 7. The van der Waals surface area contributed by atoms with Gasteiger partial charge in [0.25, 0.3) is 5.56 Å². The molecule has 8 heteroatoms. The van der Waals surface area contributed by atoms with Crippen LogP contribution < -0.4 is 15.0 Å². The molecule has 0 saturated carbocycles. The number of fused-ring (bicyclic) bond motifs is 1. The van der Waals surface area contributed by atoms with Crippen molar-refractivity contribution in [1.29, 1.82) is 5.26 Å². The summed E-state index contributed by atoms with van der Waals surface area (Å²) >= 11 is 1.36. The lowest BCUT2D eigenvalue weighted by molar-refractivity contribution is 0.283. The molecule has 0 amide bonds. The van der Waals surface area contributed by atoms with Gasteiger partial charge in [-0.15, -0.1) is 11.3 Å². The minimum Gasteiger partial charge on any atom is -0.493 e. The van der Waals surface area contributed by atoms with Gasteiger partial charge < -0.3 is 9.47 Å². The summed E-state index contributed by atoms with van der Waals surface area (Å²) in [7, 11) is 1.55. The van der Waals surface area contributed by atoms with E-state index in [2.05, 4.69) is 6.07 Å². The Labute approximate surface area is 216 Å². The van der Waals surface area contributed by atoms with Crippen LogP contribution in [0.2, 0.25) is 0 Å². The molecule has 2 heterocycles. The molecular formula is C29H20FN3O3S. The van der Waals surface area contributed by atoms with Crippen LogP contribution in [0.1, 0.15) is 22.4 Å². The zero-order valence-electron chi connectivity index (χ0n) is 19.7. The number of para-hydroxylation sites is 1. The van der Waals surface area contributed by atoms with Crippen LogP contribution in [-0.4, -0.2) is 16.5 Å². The van der Waals surface area contributed by atoms with Gasteiger partial charge in [-0.05, 0) is 53.6 Å². The van der Waals surface area contributed by atoms with Gasteiger partial charge in [0.05, 0.1) is 30.0 Å². The van der Waals surface area contributed by atoms with Gasteiger partial charge in [-0.2, -0.15) is 5.26 Å². The number of aromatic nitrogens is 2. The van der Waals surface area contributed by atoms with E-state index in [1.165, 1.54) is 27.9 Å². The van der Waals surface area contributed by atoms with E-state index >= 15 is 0 Å². The third-order valence-corrected chi connectivity index (χ3v) is 6.48. The Morgan fingerprint density at radius 3 is 2.68 bits per heavy atom. The van der Waals surface area contributed by atoms with E-state index in [0.717, 1.165) is 0 Å². The first-order chi connectivity index (χ1) is 18.1. The number of halogens is 1. The van der Waals surface area contributed by atoms with Gasteiger partial charge in [-0.25, -0.2) is 9.37 Å². The number of benzene rings is 3. The standard InChI is InChI=1S/C29H20FN3O3S/c1-35-25-7-3-5-22(27(25)36-18-20-4-2-6-23(30)16-20)12-13-24-26(21-10-8-19(17-31)9-11-21)28(34)33-14-15-37-29(33)32-24/h2-16H,18H2,1H3. The molecular weight excluding hydrogens is 489 g/mol. The van der Waals surface area contributed by atoms with Gasteiger partial charge in [0.2, 0.25) is 0 Å². The van der Waals surface area contributed by atoms with Crippen molar-refractivity contribution in [3.05, 3.63) is 117 Å². The molecule has 0 N–H and O–H groups in total. The number of hydrogen-bond donors (Lipinski definition) is 0. The highest BCUT2D eigenvalue weighted by Crippen LogP contribution is 2.33. The molecule has 37 heavy (non-hydrogen) atoms. The predicted molar refractivity (Wildman–Crippen MR) is 142 cm³/mol. The molecule has 182 valence electrons. The molecule has 0 aliphatic rings. The lowest BCUT2D eigenvalue weighted by Gasteiger charge is -2.14. The fraction of sp³-hybridized carbons (Fsp3) is 0.0690. The molecule has 0 atom stereocenters. The smallest absolute Gasteiger partial charge is 0.266 e. The average Bonchev–Trinajstić information content (AvgIpc) is 3.40. The molecule has 5 rings (SSSR count). The van der Waals surface area contributed by atoms with Crippen LogP contribution in [0.3, 0.4) is 0 Å². The summed E-state index contributed by atoms with van der Waals surface area (Å²) in [4.78, 5) is 18.7. The summed E-state index contributed by atoms with van der Waals surface area (Å²) in [6.07, 6.45) is 5.26. The van der Waals surface area contributed by atoms with Crippen LogP contribution in [-0.2, 0) is 6.61 Å². The van der Waals surface area contributed by atoms with E-state index in [9.17, 15) is 9.18 Å². The third-order valence-electron chi connectivity index (χ3n) is 5.72. The van der Waals surface area contributed by atoms with Crippen LogP contribution >= 0.6 is 11.3 Å². The van der Waals surface area contributed by atoms with Crippen molar-refractivity contribution in [3.63, 3.8) is 0 Å². The monoisotopic (exact) mass is 509 g/mol. The van der Waals surface area contributed by atoms with E-state index in [4.69, 9.17) is 19.7 Å². The molecule has 0 bridgehead atoms. The second-order valence-electron chi connectivity index (χ2n) is 8.05. The maximum atomic E-state index is 13.6. The first-order valence-electron chi connectivity index (χ1n) is 11.3. The van der Waals surface area contributed by atoms with Gasteiger partial charge in [0.15, 0.2) is 16.5 Å². The molecule has 5 aromatic rings. The topological polar surface area (TPSA) is 76.6 Å². The van der Waals surface area contributed by atoms with Crippen molar-refractivity contribution in [3.8, 4) is 28.7 Å². The maximum absolute atomic E-state index is 13.6. The highest BCUT2D eigenvalue weighted by Gasteiger charge is 2.15. The van der Waals surface area contributed by atoms with Gasteiger partial charge in [-0.3, -0.25) is 9.20 Å². The van der Waals surface area contributed by atoms with Crippen LogP contribution in [0, 0.1) is 17.1 Å². The summed E-state index contributed by atoms with van der Waals surface area (Å²) in [5.41, 5.74) is 3.24. The van der Waals surface area contributed by atoms with Crippen molar-refractivity contribution < 1.29 is 13.9 Å². The van der Waals surface area contributed by atoms with Crippen LogP contribution in [0.15, 0.2) is 83.1 Å². The summed E-state index contributed by atoms with van der Waals surface area (Å²) in [5, 5.41) is 11.0. The first-order valence-corrected chi connectivity index (χ1v) is 12.2. The minimum atomic E-state index is -0.335. The highest BCUT2D eigenvalue weighted by atomic mass is 32.1. The van der Waals surface area contributed by atoms with E-state index in [1.807, 2.05) is 18.2 Å². The number of methoxy groups -OCH3 is 1. The van der Waals surface area contributed by atoms with Crippen molar-refractivity contribution in [2.24, 2.45) is 0 Å². The van der Waals surface area contributed by atoms with E-state index in [0.29, 0.717) is 50.0 Å². The summed E-state index contributed by atoms with van der Waals surface area (Å²) in [6.45, 7) is 0.149. The quantitative estimate of drug-likeness (QED) is 0.261. The zero-order valence-corrected chi connectivity index (χ0v) is 20.5. The molecule has 0 saturated heterocycles. The molecule has 0 aliphatic carbocycles. The van der Waals surface area contributed by atoms with E-state index in [1.54, 1.807) is 67.2 Å². The third kappa shape index (κ3) is 4.99. The fourth-order valence-electron chi connectivity index (χ4n) is 3.93. The Morgan fingerprint density at radius 2 is 1.92 bits per heavy atom. The molecule has 6 nitrogen and oxygen atoms in total. The normalized spacial score (nSPS) is 11.1. The molecule has 0 fully saturated rings.